The van der Waals surface area contributed by atoms with E-state index < -0.39 is 0 Å². The normalized spacial score (nSPS) is 10.2. The van der Waals surface area contributed by atoms with Gasteiger partial charge in [0.1, 0.15) is 5.82 Å². The van der Waals surface area contributed by atoms with Crippen LogP contribution < -0.4 is 11.1 Å². The van der Waals surface area contributed by atoms with Crippen LogP contribution in [0, 0.1) is 6.92 Å². The summed E-state index contributed by atoms with van der Waals surface area (Å²) in [6.07, 6.45) is 2.28. The van der Waals surface area contributed by atoms with Gasteiger partial charge in [0.2, 0.25) is 11.8 Å². The summed E-state index contributed by atoms with van der Waals surface area (Å²) in [5.74, 6) is 1.19. The molecule has 0 saturated heterocycles. The molecule has 2 aromatic heterocycles. The van der Waals surface area contributed by atoms with Gasteiger partial charge in [-0.1, -0.05) is 30.3 Å². The number of aromatic nitrogens is 4. The quantitative estimate of drug-likeness (QED) is 0.394. The second-order valence-corrected chi connectivity index (χ2v) is 7.48. The molecular weight excluding hydrogens is 434 g/mol. The van der Waals surface area contributed by atoms with Gasteiger partial charge in [0.25, 0.3) is 11.8 Å². The molecule has 0 aliphatic heterocycles. The van der Waals surface area contributed by atoms with Crippen LogP contribution in [0.1, 0.15) is 21.8 Å². The van der Waals surface area contributed by atoms with E-state index in [1.54, 1.807) is 45.3 Å². The second-order valence-electron chi connectivity index (χ2n) is 7.48. The van der Waals surface area contributed by atoms with Crippen LogP contribution in [0.4, 0.5) is 17.5 Å². The van der Waals surface area contributed by atoms with Crippen molar-refractivity contribution in [1.82, 2.24) is 25.1 Å². The average Bonchev–Trinajstić information content (AvgIpc) is 3.26. The standard InChI is InChI=1S/C16H17N7O2.C8H10O/c1-9-21-22-14(25-9)12-8-18-16(20-13(12)17)19-11-6-4-10(5-7-11)15(24)23(2)3;9-7-6-8-4-2-1-3-5-8/h4-8H,1-3H3,(H3,17,18,19,20);1-5,9H,6-7H2. The van der Waals surface area contributed by atoms with E-state index in [4.69, 9.17) is 15.3 Å². The zero-order valence-electron chi connectivity index (χ0n) is 19.3. The van der Waals surface area contributed by atoms with Crippen molar-refractivity contribution in [1.29, 1.82) is 0 Å². The van der Waals surface area contributed by atoms with Gasteiger partial charge in [0, 0.05) is 45.1 Å². The number of carbonyl (C=O) groups is 1. The highest BCUT2D eigenvalue weighted by Crippen LogP contribution is 2.24. The van der Waals surface area contributed by atoms with Gasteiger partial charge in [0.05, 0.1) is 5.56 Å². The minimum absolute atomic E-state index is 0.0637. The highest BCUT2D eigenvalue weighted by molar-refractivity contribution is 5.94. The fraction of sp³-hybridized carbons (Fsp3) is 0.208. The summed E-state index contributed by atoms with van der Waals surface area (Å²) in [4.78, 5) is 21.8. The number of benzene rings is 2. The lowest BCUT2D eigenvalue weighted by molar-refractivity contribution is 0.0827. The molecule has 0 fully saturated rings. The van der Waals surface area contributed by atoms with Crippen molar-refractivity contribution in [2.45, 2.75) is 13.3 Å². The Balaban J connectivity index is 0.000000302. The largest absolute Gasteiger partial charge is 0.421 e. The van der Waals surface area contributed by atoms with Crippen molar-refractivity contribution >= 4 is 23.4 Å². The second kappa shape index (κ2) is 11.5. The molecule has 0 aliphatic rings. The smallest absolute Gasteiger partial charge is 0.253 e. The van der Waals surface area contributed by atoms with E-state index in [0.29, 0.717) is 23.0 Å². The first kappa shape index (κ1) is 24.3. The molecule has 0 spiro atoms. The predicted octanol–water partition coefficient (Wildman–Crippen LogP) is 3.08. The molecule has 0 unspecified atom stereocenters. The van der Waals surface area contributed by atoms with Gasteiger partial charge in [-0.05, 0) is 36.2 Å². The highest BCUT2D eigenvalue weighted by atomic mass is 16.4. The topological polar surface area (TPSA) is 143 Å². The lowest BCUT2D eigenvalue weighted by Gasteiger charge is -2.11. The summed E-state index contributed by atoms with van der Waals surface area (Å²) >= 11 is 0. The molecule has 0 bridgehead atoms. The number of hydrogen-bond acceptors (Lipinski definition) is 9. The van der Waals surface area contributed by atoms with Gasteiger partial charge < -0.3 is 25.5 Å². The molecule has 0 atom stereocenters. The Hall–Kier alpha value is -4.31. The van der Waals surface area contributed by atoms with Crippen LogP contribution >= 0.6 is 0 Å². The fourth-order valence-electron chi connectivity index (χ4n) is 2.88. The zero-order chi connectivity index (χ0) is 24.5. The summed E-state index contributed by atoms with van der Waals surface area (Å²) in [7, 11) is 3.41. The van der Waals surface area contributed by atoms with E-state index in [9.17, 15) is 4.79 Å². The van der Waals surface area contributed by atoms with Gasteiger partial charge in [0.15, 0.2) is 0 Å². The van der Waals surface area contributed by atoms with Crippen LogP contribution in [0.5, 0.6) is 0 Å². The van der Waals surface area contributed by atoms with E-state index in [1.807, 2.05) is 30.3 Å². The van der Waals surface area contributed by atoms with Crippen LogP contribution in [0.25, 0.3) is 11.5 Å². The van der Waals surface area contributed by atoms with E-state index in [0.717, 1.165) is 12.1 Å². The SMILES string of the molecule is Cc1nnc(-c2cnc(Nc3ccc(C(=O)N(C)C)cc3)nc2N)o1.OCCc1ccccc1. The molecule has 4 aromatic rings. The summed E-state index contributed by atoms with van der Waals surface area (Å²) in [5.41, 5.74) is 8.94. The summed E-state index contributed by atoms with van der Waals surface area (Å²) in [6, 6.07) is 16.9. The molecule has 4 N–H and O–H groups in total. The van der Waals surface area contributed by atoms with Crippen molar-refractivity contribution in [3.8, 4) is 11.5 Å². The Bertz CT molecular complexity index is 1210. The maximum Gasteiger partial charge on any atom is 0.253 e. The van der Waals surface area contributed by atoms with Crippen LogP contribution in [-0.2, 0) is 6.42 Å². The monoisotopic (exact) mass is 461 g/mol. The van der Waals surface area contributed by atoms with E-state index in [1.165, 1.54) is 16.7 Å². The van der Waals surface area contributed by atoms with Gasteiger partial charge in [-0.3, -0.25) is 4.79 Å². The number of hydrogen-bond donors (Lipinski definition) is 3. The zero-order valence-corrected chi connectivity index (χ0v) is 19.3. The first-order valence-electron chi connectivity index (χ1n) is 10.5. The third-order valence-electron chi connectivity index (χ3n) is 4.61. The minimum Gasteiger partial charge on any atom is -0.421 e. The number of anilines is 3. The van der Waals surface area contributed by atoms with Gasteiger partial charge in [-0.15, -0.1) is 10.2 Å². The predicted molar refractivity (Wildman–Crippen MR) is 129 cm³/mol. The molecule has 1 amide bonds. The first-order chi connectivity index (χ1) is 16.4. The maximum atomic E-state index is 11.9. The Kier molecular flexibility index (Phi) is 8.25. The van der Waals surface area contributed by atoms with Crippen LogP contribution in [0.2, 0.25) is 0 Å². The number of aliphatic hydroxyl groups excluding tert-OH is 1. The molecule has 176 valence electrons. The lowest BCUT2D eigenvalue weighted by Crippen LogP contribution is -2.21. The van der Waals surface area contributed by atoms with E-state index in [-0.39, 0.29) is 24.2 Å². The maximum absolute atomic E-state index is 11.9. The van der Waals surface area contributed by atoms with Crippen molar-refractivity contribution in [3.05, 3.63) is 77.8 Å². The van der Waals surface area contributed by atoms with Crippen LogP contribution in [0.3, 0.4) is 0 Å². The summed E-state index contributed by atoms with van der Waals surface area (Å²) < 4.78 is 5.32. The fourth-order valence-corrected chi connectivity index (χ4v) is 2.88. The molecule has 2 aromatic carbocycles. The van der Waals surface area contributed by atoms with Crippen molar-refractivity contribution in [3.63, 3.8) is 0 Å². The third kappa shape index (κ3) is 6.59. The molecule has 0 saturated carbocycles. The van der Waals surface area contributed by atoms with Crippen molar-refractivity contribution in [2.75, 3.05) is 31.8 Å². The van der Waals surface area contributed by atoms with Gasteiger partial charge in [-0.25, -0.2) is 4.98 Å². The minimum atomic E-state index is -0.0637. The molecule has 34 heavy (non-hydrogen) atoms. The molecular formula is C24H27N7O3. The number of nitrogen functional groups attached to an aromatic ring is 1. The van der Waals surface area contributed by atoms with Crippen molar-refractivity contribution in [2.24, 2.45) is 0 Å². The number of nitrogens with two attached hydrogens (primary N) is 1. The number of aliphatic hydroxyl groups is 1. The van der Waals surface area contributed by atoms with Gasteiger partial charge in [-0.2, -0.15) is 4.98 Å². The molecule has 2 heterocycles. The number of amides is 1. The van der Waals surface area contributed by atoms with Crippen LogP contribution in [0.15, 0.2) is 65.2 Å². The van der Waals surface area contributed by atoms with Crippen LogP contribution in [-0.4, -0.2) is 56.8 Å². The van der Waals surface area contributed by atoms with Gasteiger partial charge >= 0.3 is 0 Å². The van der Waals surface area contributed by atoms with E-state index >= 15 is 0 Å². The number of nitrogens with one attached hydrogen (secondary N) is 1. The summed E-state index contributed by atoms with van der Waals surface area (Å²) in [6.45, 7) is 1.93. The molecule has 10 nitrogen and oxygen atoms in total. The number of carbonyl (C=O) groups excluding carboxylic acids is 1. The lowest BCUT2D eigenvalue weighted by atomic mass is 10.2. The number of rotatable bonds is 6. The summed E-state index contributed by atoms with van der Waals surface area (Å²) in [5, 5.41) is 19.2. The third-order valence-corrected chi connectivity index (χ3v) is 4.61. The molecule has 0 aliphatic carbocycles. The highest BCUT2D eigenvalue weighted by Gasteiger charge is 2.13. The Morgan fingerprint density at radius 1 is 1.09 bits per heavy atom. The molecule has 0 radical (unpaired) electrons. The first-order valence-corrected chi connectivity index (χ1v) is 10.5. The number of aryl methyl sites for hydroxylation is 1. The Morgan fingerprint density at radius 3 is 2.35 bits per heavy atom. The number of nitrogens with zero attached hydrogens (tertiary/aromatic N) is 5. The van der Waals surface area contributed by atoms with E-state index in [2.05, 4.69) is 25.5 Å². The molecule has 10 heteroatoms. The average molecular weight is 462 g/mol. The Morgan fingerprint density at radius 2 is 1.79 bits per heavy atom. The van der Waals surface area contributed by atoms with Crippen molar-refractivity contribution < 1.29 is 14.3 Å². The molecule has 4 rings (SSSR count). The Labute approximate surface area is 197 Å².